The molecule has 1 spiro atoms. The third-order valence-electron chi connectivity index (χ3n) is 5.36. The maximum atomic E-state index is 12.5. The van der Waals surface area contributed by atoms with Crippen LogP contribution in [0.1, 0.15) is 47.0 Å². The molecule has 2 aliphatic rings. The molecule has 4 heterocycles. The summed E-state index contributed by atoms with van der Waals surface area (Å²) in [7, 11) is 1.88. The minimum absolute atomic E-state index is 0.0701. The lowest BCUT2D eigenvalue weighted by Crippen LogP contribution is -2.54. The highest BCUT2D eigenvalue weighted by atomic mass is 16.5. The van der Waals surface area contributed by atoms with Gasteiger partial charge in [-0.25, -0.2) is 0 Å². The molecule has 1 atom stereocenters. The van der Waals surface area contributed by atoms with Crippen molar-refractivity contribution in [3.8, 4) is 0 Å². The average Bonchev–Trinajstić information content (AvgIpc) is 3.27. The Kier molecular flexibility index (Phi) is 3.63. The molecule has 2 aromatic rings. The number of aromatic nitrogens is 3. The minimum atomic E-state index is -0.295. The summed E-state index contributed by atoms with van der Waals surface area (Å²) in [6.45, 7) is 2.94. The number of nitrogens with zero attached hydrogens (tertiary/aromatic N) is 4. The lowest BCUT2D eigenvalue weighted by atomic mass is 9.75. The Morgan fingerprint density at radius 2 is 2.16 bits per heavy atom. The zero-order valence-corrected chi connectivity index (χ0v) is 14.4. The number of piperidine rings is 1. The van der Waals surface area contributed by atoms with E-state index in [0.29, 0.717) is 31.0 Å². The van der Waals surface area contributed by atoms with Gasteiger partial charge in [-0.2, -0.15) is 5.10 Å². The van der Waals surface area contributed by atoms with Crippen molar-refractivity contribution in [3.63, 3.8) is 0 Å². The number of carbonyl (C=O) groups excluding carboxylic acids is 2. The Bertz CT molecular complexity index is 816. The van der Waals surface area contributed by atoms with E-state index in [2.05, 4.69) is 15.6 Å². The van der Waals surface area contributed by atoms with Gasteiger partial charge in [0.2, 0.25) is 5.91 Å². The first-order valence-electron chi connectivity index (χ1n) is 8.49. The molecule has 4 rings (SSSR count). The normalized spacial score (nSPS) is 22.4. The van der Waals surface area contributed by atoms with Gasteiger partial charge in [0.25, 0.3) is 5.91 Å². The van der Waals surface area contributed by atoms with Gasteiger partial charge in [-0.3, -0.25) is 14.3 Å². The molecule has 0 bridgehead atoms. The molecule has 132 valence electrons. The highest BCUT2D eigenvalue weighted by Gasteiger charge is 2.49. The number of hydrogen-bond acceptors (Lipinski definition) is 5. The summed E-state index contributed by atoms with van der Waals surface area (Å²) in [6, 6.07) is 1.66. The Morgan fingerprint density at radius 1 is 1.40 bits per heavy atom. The van der Waals surface area contributed by atoms with Crippen molar-refractivity contribution in [2.45, 2.75) is 37.6 Å². The van der Waals surface area contributed by atoms with Crippen LogP contribution in [-0.4, -0.2) is 50.3 Å². The molecule has 2 saturated heterocycles. The second-order valence-corrected chi connectivity index (χ2v) is 7.02. The molecule has 0 radical (unpaired) electrons. The van der Waals surface area contributed by atoms with E-state index in [1.54, 1.807) is 22.6 Å². The van der Waals surface area contributed by atoms with Gasteiger partial charge in [0.05, 0.1) is 11.7 Å². The maximum absolute atomic E-state index is 12.5. The summed E-state index contributed by atoms with van der Waals surface area (Å²) in [6.07, 6.45) is 5.73. The van der Waals surface area contributed by atoms with E-state index in [1.807, 2.05) is 19.4 Å². The zero-order chi connectivity index (χ0) is 17.6. The Hall–Kier alpha value is -2.64. The van der Waals surface area contributed by atoms with E-state index in [4.69, 9.17) is 4.52 Å². The molecule has 0 aromatic carbocycles. The summed E-state index contributed by atoms with van der Waals surface area (Å²) in [5, 5.41) is 11.2. The smallest absolute Gasteiger partial charge is 0.276 e. The number of likely N-dealkylation sites (tertiary alicyclic amines) is 1. The van der Waals surface area contributed by atoms with Crippen molar-refractivity contribution < 1.29 is 14.1 Å². The molecule has 8 heteroatoms. The van der Waals surface area contributed by atoms with E-state index >= 15 is 0 Å². The first-order valence-corrected chi connectivity index (χ1v) is 8.49. The molecule has 25 heavy (non-hydrogen) atoms. The minimum Gasteiger partial charge on any atom is -0.361 e. The summed E-state index contributed by atoms with van der Waals surface area (Å²) in [4.78, 5) is 26.4. The van der Waals surface area contributed by atoms with Crippen molar-refractivity contribution in [2.75, 3.05) is 13.1 Å². The first kappa shape index (κ1) is 15.9. The Morgan fingerprint density at radius 3 is 2.76 bits per heavy atom. The number of aryl methyl sites for hydroxylation is 2. The van der Waals surface area contributed by atoms with Crippen LogP contribution in [0.3, 0.4) is 0 Å². The molecule has 1 N–H and O–H groups in total. The van der Waals surface area contributed by atoms with Gasteiger partial charge in [0, 0.05) is 44.7 Å². The van der Waals surface area contributed by atoms with Crippen molar-refractivity contribution in [1.82, 2.24) is 25.2 Å². The summed E-state index contributed by atoms with van der Waals surface area (Å²) >= 11 is 0. The molecular formula is C17H21N5O3. The van der Waals surface area contributed by atoms with E-state index in [-0.39, 0.29) is 23.3 Å². The lowest BCUT2D eigenvalue weighted by Gasteiger charge is -2.42. The fourth-order valence-electron chi connectivity index (χ4n) is 4.07. The Labute approximate surface area is 145 Å². The second-order valence-electron chi connectivity index (χ2n) is 7.02. The van der Waals surface area contributed by atoms with Gasteiger partial charge in [0.1, 0.15) is 5.76 Å². The third-order valence-corrected chi connectivity index (χ3v) is 5.36. The average molecular weight is 343 g/mol. The molecule has 2 aromatic heterocycles. The molecule has 0 unspecified atom stereocenters. The second kappa shape index (κ2) is 5.72. The molecular weight excluding hydrogens is 322 g/mol. The summed E-state index contributed by atoms with van der Waals surface area (Å²) < 4.78 is 6.76. The van der Waals surface area contributed by atoms with Crippen molar-refractivity contribution in [3.05, 3.63) is 35.5 Å². The van der Waals surface area contributed by atoms with Crippen LogP contribution in [0.2, 0.25) is 0 Å². The van der Waals surface area contributed by atoms with Crippen LogP contribution in [0, 0.1) is 6.92 Å². The molecule has 8 nitrogen and oxygen atoms in total. The van der Waals surface area contributed by atoms with E-state index in [9.17, 15) is 9.59 Å². The molecule has 0 saturated carbocycles. The van der Waals surface area contributed by atoms with Gasteiger partial charge in [-0.05, 0) is 25.3 Å². The molecule has 0 aliphatic carbocycles. The molecule has 2 aliphatic heterocycles. The number of hydrogen-bond donors (Lipinski definition) is 1. The van der Waals surface area contributed by atoms with Gasteiger partial charge in [0.15, 0.2) is 5.69 Å². The van der Waals surface area contributed by atoms with Crippen LogP contribution < -0.4 is 5.32 Å². The van der Waals surface area contributed by atoms with Crippen molar-refractivity contribution in [2.24, 2.45) is 7.05 Å². The lowest BCUT2D eigenvalue weighted by molar-refractivity contribution is -0.120. The highest BCUT2D eigenvalue weighted by molar-refractivity contribution is 5.92. The number of nitrogens with one attached hydrogen (secondary N) is 1. The summed E-state index contributed by atoms with van der Waals surface area (Å²) in [5.74, 6) is 0.673. The van der Waals surface area contributed by atoms with E-state index < -0.39 is 0 Å². The van der Waals surface area contributed by atoms with Crippen LogP contribution in [0.5, 0.6) is 0 Å². The zero-order valence-electron chi connectivity index (χ0n) is 14.4. The predicted molar refractivity (Wildman–Crippen MR) is 87.8 cm³/mol. The van der Waals surface area contributed by atoms with Crippen molar-refractivity contribution in [1.29, 1.82) is 0 Å². The third kappa shape index (κ3) is 2.71. The topological polar surface area (TPSA) is 93.3 Å². The first-order chi connectivity index (χ1) is 12.0. The maximum Gasteiger partial charge on any atom is 0.276 e. The van der Waals surface area contributed by atoms with Crippen LogP contribution >= 0.6 is 0 Å². The van der Waals surface area contributed by atoms with Gasteiger partial charge < -0.3 is 14.7 Å². The number of rotatable bonds is 2. The predicted octanol–water partition coefficient (Wildman–Crippen LogP) is 0.995. The van der Waals surface area contributed by atoms with E-state index in [1.165, 1.54) is 0 Å². The van der Waals surface area contributed by atoms with E-state index in [0.717, 1.165) is 18.4 Å². The fraction of sp³-hybridized carbons (Fsp3) is 0.529. The SMILES string of the molecule is Cc1cc(C(=O)N2CCC3(CC2)NC(=O)C[C@@H]3c2cnn(C)c2)no1. The standard InChI is InChI=1S/C17H21N5O3/c1-11-7-14(20-25-11)16(24)22-5-3-17(4-6-22)13(8-15(23)19-17)12-9-18-21(2)10-12/h7,9-10,13H,3-6,8H2,1-2H3,(H,19,23)/t13-/m1/s1. The molecule has 2 amide bonds. The Balaban J connectivity index is 1.51. The van der Waals surface area contributed by atoms with Crippen LogP contribution in [0.4, 0.5) is 0 Å². The largest absolute Gasteiger partial charge is 0.361 e. The van der Waals surface area contributed by atoms with Gasteiger partial charge in [-0.1, -0.05) is 5.16 Å². The summed E-state index contributed by atoms with van der Waals surface area (Å²) in [5.41, 5.74) is 1.12. The van der Waals surface area contributed by atoms with Gasteiger partial charge in [-0.15, -0.1) is 0 Å². The quantitative estimate of drug-likeness (QED) is 0.878. The van der Waals surface area contributed by atoms with Crippen LogP contribution in [0.15, 0.2) is 23.0 Å². The fourth-order valence-corrected chi connectivity index (χ4v) is 4.07. The molecule has 2 fully saturated rings. The number of carbonyl (C=O) groups is 2. The van der Waals surface area contributed by atoms with Crippen LogP contribution in [0.25, 0.3) is 0 Å². The van der Waals surface area contributed by atoms with Gasteiger partial charge >= 0.3 is 0 Å². The highest BCUT2D eigenvalue weighted by Crippen LogP contribution is 2.43. The van der Waals surface area contributed by atoms with Crippen LogP contribution in [-0.2, 0) is 11.8 Å². The monoisotopic (exact) mass is 343 g/mol. The number of amides is 2. The van der Waals surface area contributed by atoms with Crippen molar-refractivity contribution >= 4 is 11.8 Å².